The molecule has 1 fully saturated rings. The molecule has 2 rings (SSSR count). The number of aromatic nitrogens is 2. The zero-order valence-corrected chi connectivity index (χ0v) is 9.68. The Bertz CT molecular complexity index is 336. The molecule has 0 amide bonds. The van der Waals surface area contributed by atoms with Crippen molar-refractivity contribution < 1.29 is 0 Å². The quantitative estimate of drug-likeness (QED) is 0.467. The summed E-state index contributed by atoms with van der Waals surface area (Å²) in [5.74, 6) is 5.79. The molecule has 3 N–H and O–H groups in total. The molecule has 82 valence electrons. The largest absolute Gasteiger partial charge is 0.292 e. The lowest BCUT2D eigenvalue weighted by Crippen LogP contribution is -2.11. The van der Waals surface area contributed by atoms with Crippen LogP contribution in [0.2, 0.25) is 0 Å². The molecular weight excluding hydrogens is 208 g/mol. The number of anilines is 1. The van der Waals surface area contributed by atoms with Crippen LogP contribution >= 0.6 is 11.8 Å². The summed E-state index contributed by atoms with van der Waals surface area (Å²) in [4.78, 5) is 8.44. The summed E-state index contributed by atoms with van der Waals surface area (Å²) in [7, 11) is 0. The predicted octanol–water partition coefficient (Wildman–Crippen LogP) is 2.11. The van der Waals surface area contributed by atoms with Crippen molar-refractivity contribution >= 4 is 17.7 Å². The van der Waals surface area contributed by atoms with E-state index >= 15 is 0 Å². The molecule has 1 saturated carbocycles. The molecular formula is C10H16N4S. The summed E-state index contributed by atoms with van der Waals surface area (Å²) in [5.41, 5.74) is 3.61. The summed E-state index contributed by atoms with van der Waals surface area (Å²) in [6.07, 6.45) is 7.13. The standard InChI is InChI=1S/C10H16N4S/c1-7-6-12-10(14-11)13-9(7)15-8-4-2-3-5-8/h6,8H,2-5,11H2,1H3,(H,12,13,14). The van der Waals surface area contributed by atoms with Gasteiger partial charge in [-0.15, -0.1) is 11.8 Å². The molecule has 15 heavy (non-hydrogen) atoms. The van der Waals surface area contributed by atoms with Crippen LogP contribution in [-0.4, -0.2) is 15.2 Å². The van der Waals surface area contributed by atoms with E-state index < -0.39 is 0 Å². The number of hydrogen-bond acceptors (Lipinski definition) is 5. The molecule has 1 heterocycles. The summed E-state index contributed by atoms with van der Waals surface area (Å²) < 4.78 is 0. The Balaban J connectivity index is 2.11. The number of aryl methyl sites for hydroxylation is 1. The van der Waals surface area contributed by atoms with E-state index in [1.807, 2.05) is 24.9 Å². The maximum atomic E-state index is 5.29. The summed E-state index contributed by atoms with van der Waals surface area (Å²) in [5, 5.41) is 1.79. The van der Waals surface area contributed by atoms with E-state index in [9.17, 15) is 0 Å². The smallest absolute Gasteiger partial charge is 0.238 e. The number of nitrogens with one attached hydrogen (secondary N) is 1. The third-order valence-corrected chi connectivity index (χ3v) is 4.08. The van der Waals surface area contributed by atoms with Crippen LogP contribution < -0.4 is 11.3 Å². The van der Waals surface area contributed by atoms with Gasteiger partial charge in [-0.25, -0.2) is 15.8 Å². The minimum absolute atomic E-state index is 0.501. The Labute approximate surface area is 94.0 Å². The van der Waals surface area contributed by atoms with Crippen molar-refractivity contribution in [1.82, 2.24) is 9.97 Å². The van der Waals surface area contributed by atoms with E-state index in [1.165, 1.54) is 25.7 Å². The van der Waals surface area contributed by atoms with Crippen LogP contribution in [0.3, 0.4) is 0 Å². The zero-order chi connectivity index (χ0) is 10.7. The maximum Gasteiger partial charge on any atom is 0.238 e. The molecule has 0 radical (unpaired) electrons. The third-order valence-electron chi connectivity index (χ3n) is 2.63. The normalized spacial score (nSPS) is 16.9. The molecule has 0 saturated heterocycles. The lowest BCUT2D eigenvalue weighted by atomic mass is 10.4. The monoisotopic (exact) mass is 224 g/mol. The van der Waals surface area contributed by atoms with Gasteiger partial charge in [0.2, 0.25) is 5.95 Å². The van der Waals surface area contributed by atoms with Crippen LogP contribution in [0.5, 0.6) is 0 Å². The van der Waals surface area contributed by atoms with E-state index in [0.717, 1.165) is 15.8 Å². The van der Waals surface area contributed by atoms with Crippen molar-refractivity contribution in [2.45, 2.75) is 42.9 Å². The van der Waals surface area contributed by atoms with Crippen molar-refractivity contribution in [3.8, 4) is 0 Å². The molecule has 0 aliphatic heterocycles. The third kappa shape index (κ3) is 2.60. The van der Waals surface area contributed by atoms with Crippen molar-refractivity contribution in [2.75, 3.05) is 5.43 Å². The number of nitrogens with two attached hydrogens (primary N) is 1. The molecule has 5 heteroatoms. The molecule has 1 aliphatic rings. The average Bonchev–Trinajstić information content (AvgIpc) is 2.74. The number of nitrogens with zero attached hydrogens (tertiary/aromatic N) is 2. The topological polar surface area (TPSA) is 63.8 Å². The predicted molar refractivity (Wildman–Crippen MR) is 62.7 cm³/mol. The Hall–Kier alpha value is -0.810. The highest BCUT2D eigenvalue weighted by Crippen LogP contribution is 2.35. The van der Waals surface area contributed by atoms with Gasteiger partial charge in [0, 0.05) is 11.4 Å². The number of thioether (sulfide) groups is 1. The highest BCUT2D eigenvalue weighted by Gasteiger charge is 2.18. The number of hydrazine groups is 1. The second-order valence-corrected chi connectivity index (χ2v) is 5.14. The summed E-state index contributed by atoms with van der Waals surface area (Å²) >= 11 is 1.86. The lowest BCUT2D eigenvalue weighted by Gasteiger charge is -2.10. The van der Waals surface area contributed by atoms with E-state index in [-0.39, 0.29) is 0 Å². The molecule has 1 aromatic heterocycles. The van der Waals surface area contributed by atoms with Gasteiger partial charge in [-0.05, 0) is 25.3 Å². The molecule has 0 aromatic carbocycles. The molecule has 4 nitrogen and oxygen atoms in total. The minimum Gasteiger partial charge on any atom is -0.292 e. The number of nitrogen functional groups attached to an aromatic ring is 1. The molecule has 0 unspecified atom stereocenters. The zero-order valence-electron chi connectivity index (χ0n) is 8.86. The first-order valence-electron chi connectivity index (χ1n) is 5.26. The van der Waals surface area contributed by atoms with Gasteiger partial charge in [-0.3, -0.25) is 5.43 Å². The number of rotatable bonds is 3. The fourth-order valence-corrected chi connectivity index (χ4v) is 3.04. The van der Waals surface area contributed by atoms with Gasteiger partial charge < -0.3 is 0 Å². The highest BCUT2D eigenvalue weighted by molar-refractivity contribution is 7.99. The van der Waals surface area contributed by atoms with Crippen molar-refractivity contribution in [2.24, 2.45) is 5.84 Å². The van der Waals surface area contributed by atoms with Gasteiger partial charge in [-0.2, -0.15) is 0 Å². The van der Waals surface area contributed by atoms with Crippen molar-refractivity contribution in [3.63, 3.8) is 0 Å². The van der Waals surface area contributed by atoms with Gasteiger partial charge >= 0.3 is 0 Å². The van der Waals surface area contributed by atoms with Gasteiger partial charge in [0.05, 0.1) is 0 Å². The van der Waals surface area contributed by atoms with Gasteiger partial charge in [-0.1, -0.05) is 12.8 Å². The van der Waals surface area contributed by atoms with Crippen LogP contribution in [0.15, 0.2) is 11.2 Å². The first-order chi connectivity index (χ1) is 7.29. The highest BCUT2D eigenvalue weighted by atomic mass is 32.2. The van der Waals surface area contributed by atoms with Gasteiger partial charge in [0.15, 0.2) is 0 Å². The van der Waals surface area contributed by atoms with E-state index in [0.29, 0.717) is 5.95 Å². The van der Waals surface area contributed by atoms with E-state index in [1.54, 1.807) is 0 Å². The van der Waals surface area contributed by atoms with Gasteiger partial charge in [0.25, 0.3) is 0 Å². The molecule has 1 aliphatic carbocycles. The Morgan fingerprint density at radius 3 is 2.87 bits per heavy atom. The molecule has 0 spiro atoms. The summed E-state index contributed by atoms with van der Waals surface area (Å²) in [6, 6.07) is 0. The fourth-order valence-electron chi connectivity index (χ4n) is 1.78. The van der Waals surface area contributed by atoms with E-state index in [2.05, 4.69) is 15.4 Å². The Kier molecular flexibility index (Phi) is 3.43. The molecule has 1 aromatic rings. The fraction of sp³-hybridized carbons (Fsp3) is 0.600. The van der Waals surface area contributed by atoms with E-state index in [4.69, 9.17) is 5.84 Å². The minimum atomic E-state index is 0.501. The van der Waals surface area contributed by atoms with Crippen molar-refractivity contribution in [1.29, 1.82) is 0 Å². The first kappa shape index (κ1) is 10.7. The molecule has 0 bridgehead atoms. The number of hydrogen-bond donors (Lipinski definition) is 2. The van der Waals surface area contributed by atoms with Crippen LogP contribution in [0, 0.1) is 6.92 Å². The van der Waals surface area contributed by atoms with Crippen molar-refractivity contribution in [3.05, 3.63) is 11.8 Å². The SMILES string of the molecule is Cc1cnc(NN)nc1SC1CCCC1. The second kappa shape index (κ2) is 4.81. The Morgan fingerprint density at radius 2 is 2.20 bits per heavy atom. The maximum absolute atomic E-state index is 5.29. The van der Waals surface area contributed by atoms with Crippen LogP contribution in [0.1, 0.15) is 31.2 Å². The van der Waals surface area contributed by atoms with Crippen LogP contribution in [-0.2, 0) is 0 Å². The molecule has 0 atom stereocenters. The Morgan fingerprint density at radius 1 is 1.47 bits per heavy atom. The lowest BCUT2D eigenvalue weighted by molar-refractivity contribution is 0.886. The average molecular weight is 224 g/mol. The second-order valence-electron chi connectivity index (χ2n) is 3.85. The summed E-state index contributed by atoms with van der Waals surface area (Å²) in [6.45, 7) is 2.04. The van der Waals surface area contributed by atoms with Crippen LogP contribution in [0.4, 0.5) is 5.95 Å². The van der Waals surface area contributed by atoms with Crippen LogP contribution in [0.25, 0.3) is 0 Å². The van der Waals surface area contributed by atoms with Gasteiger partial charge in [0.1, 0.15) is 5.03 Å². The first-order valence-corrected chi connectivity index (χ1v) is 6.14.